The Labute approximate surface area is 187 Å². The number of hydrogen-bond donors (Lipinski definition) is 1. The molecule has 0 aromatic carbocycles. The van der Waals surface area contributed by atoms with Gasteiger partial charge in [0.1, 0.15) is 0 Å². The van der Waals surface area contributed by atoms with Crippen molar-refractivity contribution in [2.75, 3.05) is 6.61 Å². The highest BCUT2D eigenvalue weighted by molar-refractivity contribution is 5.92. The molecule has 172 valence electrons. The highest BCUT2D eigenvalue weighted by Crippen LogP contribution is 2.70. The van der Waals surface area contributed by atoms with Gasteiger partial charge >= 0.3 is 0 Å². The first-order valence-electron chi connectivity index (χ1n) is 12.9. The molecule has 4 aliphatic carbocycles. The molecule has 6 aliphatic rings. The summed E-state index contributed by atoms with van der Waals surface area (Å²) in [7, 11) is 0. The number of ketones is 1. The summed E-state index contributed by atoms with van der Waals surface area (Å²) in [5, 5.41) is 11.1. The van der Waals surface area contributed by atoms with Crippen molar-refractivity contribution in [3.8, 4) is 0 Å². The number of aliphatic hydroxyl groups excluding tert-OH is 1. The number of rotatable bonds is 0. The molecular weight excluding hydrogens is 388 g/mol. The first-order valence-corrected chi connectivity index (χ1v) is 12.9. The van der Waals surface area contributed by atoms with Crippen molar-refractivity contribution >= 4 is 5.78 Å². The summed E-state index contributed by atoms with van der Waals surface area (Å²) >= 11 is 0. The van der Waals surface area contributed by atoms with E-state index in [-0.39, 0.29) is 17.0 Å². The van der Waals surface area contributed by atoms with Crippen molar-refractivity contribution < 1.29 is 19.4 Å². The lowest BCUT2D eigenvalue weighted by atomic mass is 9.45. The van der Waals surface area contributed by atoms with Gasteiger partial charge in [0.25, 0.3) is 0 Å². The van der Waals surface area contributed by atoms with Crippen molar-refractivity contribution in [3.05, 3.63) is 11.6 Å². The Bertz CT molecular complexity index is 810. The van der Waals surface area contributed by atoms with Gasteiger partial charge in [0.15, 0.2) is 11.6 Å². The molecule has 4 heteroatoms. The van der Waals surface area contributed by atoms with Gasteiger partial charge in [-0.15, -0.1) is 0 Å². The molecule has 11 atom stereocenters. The smallest absolute Gasteiger partial charge is 0.171 e. The van der Waals surface area contributed by atoms with Crippen LogP contribution in [0.25, 0.3) is 0 Å². The van der Waals surface area contributed by atoms with Gasteiger partial charge in [-0.25, -0.2) is 0 Å². The lowest BCUT2D eigenvalue weighted by molar-refractivity contribution is -0.272. The van der Waals surface area contributed by atoms with E-state index in [4.69, 9.17) is 9.47 Å². The van der Waals surface area contributed by atoms with Crippen LogP contribution in [0.15, 0.2) is 11.6 Å². The molecule has 2 heterocycles. The Balaban J connectivity index is 1.30. The minimum absolute atomic E-state index is 0.115. The van der Waals surface area contributed by atoms with Crippen LogP contribution < -0.4 is 0 Å². The van der Waals surface area contributed by atoms with E-state index in [0.29, 0.717) is 53.4 Å². The van der Waals surface area contributed by atoms with Crippen LogP contribution >= 0.6 is 0 Å². The number of carbonyl (C=O) groups excluding carboxylic acids is 1. The maximum atomic E-state index is 12.1. The van der Waals surface area contributed by atoms with Gasteiger partial charge in [-0.2, -0.15) is 0 Å². The van der Waals surface area contributed by atoms with E-state index in [1.54, 1.807) is 0 Å². The van der Waals surface area contributed by atoms with Crippen LogP contribution in [0, 0.1) is 46.3 Å². The summed E-state index contributed by atoms with van der Waals surface area (Å²) in [5.74, 6) is 3.21. The lowest BCUT2D eigenvalue weighted by Gasteiger charge is -2.59. The average Bonchev–Trinajstić information content (AvgIpc) is 3.16. The second-order valence-corrected chi connectivity index (χ2v) is 12.6. The zero-order valence-corrected chi connectivity index (χ0v) is 19.7. The fraction of sp³-hybridized carbons (Fsp3) is 0.889. The largest absolute Gasteiger partial charge is 0.392 e. The predicted molar refractivity (Wildman–Crippen MR) is 118 cm³/mol. The lowest BCUT2D eigenvalue weighted by Crippen LogP contribution is -2.56. The molecule has 0 bridgehead atoms. The van der Waals surface area contributed by atoms with Gasteiger partial charge in [0, 0.05) is 24.2 Å². The molecule has 1 N–H and O–H groups in total. The number of fused-ring (bicyclic) bond motifs is 7. The maximum Gasteiger partial charge on any atom is 0.171 e. The topological polar surface area (TPSA) is 55.8 Å². The van der Waals surface area contributed by atoms with Crippen molar-refractivity contribution in [2.24, 2.45) is 46.3 Å². The van der Waals surface area contributed by atoms with Gasteiger partial charge in [-0.3, -0.25) is 4.79 Å². The predicted octanol–water partition coefficient (Wildman–Crippen LogP) is 4.89. The number of hydrogen-bond acceptors (Lipinski definition) is 4. The molecule has 3 saturated carbocycles. The Hall–Kier alpha value is -0.710. The molecule has 0 aromatic rings. The monoisotopic (exact) mass is 428 g/mol. The molecule has 2 saturated heterocycles. The normalized spacial score (nSPS) is 58.4. The first kappa shape index (κ1) is 20.9. The average molecular weight is 429 g/mol. The fourth-order valence-electron chi connectivity index (χ4n) is 9.63. The number of carbonyl (C=O) groups is 1. The van der Waals surface area contributed by atoms with E-state index >= 15 is 0 Å². The van der Waals surface area contributed by atoms with E-state index in [1.807, 2.05) is 6.08 Å². The molecule has 6 rings (SSSR count). The van der Waals surface area contributed by atoms with E-state index in [1.165, 1.54) is 24.8 Å². The quantitative estimate of drug-likeness (QED) is 0.597. The van der Waals surface area contributed by atoms with Crippen molar-refractivity contribution in [2.45, 2.75) is 97.1 Å². The molecule has 2 unspecified atom stereocenters. The molecule has 0 amide bonds. The van der Waals surface area contributed by atoms with Gasteiger partial charge in [0.2, 0.25) is 0 Å². The van der Waals surface area contributed by atoms with Crippen LogP contribution in [0.4, 0.5) is 0 Å². The van der Waals surface area contributed by atoms with Crippen LogP contribution in [0.1, 0.15) is 79.1 Å². The van der Waals surface area contributed by atoms with Crippen LogP contribution in [0.2, 0.25) is 0 Å². The third-order valence-corrected chi connectivity index (χ3v) is 11.3. The second kappa shape index (κ2) is 6.67. The van der Waals surface area contributed by atoms with Crippen LogP contribution in [-0.4, -0.2) is 35.5 Å². The standard InChI is InChI=1S/C27H40O4/c1-15-7-10-27(30-14-15)16(2)24-22(31-27)13-21-19-6-5-17-11-18(28)12-23(29)26(17,4)20(19)8-9-25(21,24)3/h11,15-16,19-24,29H,5-10,12-14H2,1-4H3/t15?,16-,19+,20-,21-,22-,23?,24-,25-,26-,27+/m0/s1. The molecule has 0 aromatic heterocycles. The van der Waals surface area contributed by atoms with Gasteiger partial charge in [-0.1, -0.05) is 33.3 Å². The minimum Gasteiger partial charge on any atom is -0.392 e. The summed E-state index contributed by atoms with van der Waals surface area (Å²) in [6, 6.07) is 0. The molecule has 2 aliphatic heterocycles. The Morgan fingerprint density at radius 3 is 2.65 bits per heavy atom. The van der Waals surface area contributed by atoms with Crippen molar-refractivity contribution in [1.82, 2.24) is 0 Å². The summed E-state index contributed by atoms with van der Waals surface area (Å²) in [5.41, 5.74) is 1.31. The highest BCUT2D eigenvalue weighted by atomic mass is 16.7. The van der Waals surface area contributed by atoms with Crippen LogP contribution in [-0.2, 0) is 14.3 Å². The van der Waals surface area contributed by atoms with E-state index in [9.17, 15) is 9.90 Å². The van der Waals surface area contributed by atoms with Crippen molar-refractivity contribution in [1.29, 1.82) is 0 Å². The van der Waals surface area contributed by atoms with Gasteiger partial charge < -0.3 is 14.6 Å². The van der Waals surface area contributed by atoms with E-state index < -0.39 is 6.10 Å². The van der Waals surface area contributed by atoms with Gasteiger partial charge in [-0.05, 0) is 79.6 Å². The maximum absolute atomic E-state index is 12.1. The summed E-state index contributed by atoms with van der Waals surface area (Å²) in [4.78, 5) is 12.1. The minimum atomic E-state index is -0.519. The van der Waals surface area contributed by atoms with E-state index in [2.05, 4.69) is 27.7 Å². The second-order valence-electron chi connectivity index (χ2n) is 12.6. The SMILES string of the molecule is CC1CC[C@@]2(OC1)O[C@H]1C[C@H]3[C@@H]4CCC5=CC(=O)CC(O)[C@]5(C)[C@H]4CC[C@]3(C)[C@H]1[C@@H]2C. The molecule has 0 radical (unpaired) electrons. The van der Waals surface area contributed by atoms with E-state index in [0.717, 1.165) is 32.3 Å². The molecule has 5 fully saturated rings. The molecule has 4 nitrogen and oxygen atoms in total. The Morgan fingerprint density at radius 2 is 1.90 bits per heavy atom. The molecule has 31 heavy (non-hydrogen) atoms. The summed E-state index contributed by atoms with van der Waals surface area (Å²) in [6.07, 6.45) is 9.90. The van der Waals surface area contributed by atoms with Gasteiger partial charge in [0.05, 0.1) is 18.8 Å². The number of aliphatic hydroxyl groups is 1. The highest BCUT2D eigenvalue weighted by Gasteiger charge is 2.69. The van der Waals surface area contributed by atoms with Crippen LogP contribution in [0.3, 0.4) is 0 Å². The zero-order valence-electron chi connectivity index (χ0n) is 19.7. The Morgan fingerprint density at radius 1 is 1.10 bits per heavy atom. The first-order chi connectivity index (χ1) is 14.7. The molecular formula is C27H40O4. The fourth-order valence-corrected chi connectivity index (χ4v) is 9.63. The van der Waals surface area contributed by atoms with Crippen molar-refractivity contribution in [3.63, 3.8) is 0 Å². The summed E-state index contributed by atoms with van der Waals surface area (Å²) in [6.45, 7) is 10.3. The summed E-state index contributed by atoms with van der Waals surface area (Å²) < 4.78 is 13.3. The van der Waals surface area contributed by atoms with Crippen LogP contribution in [0.5, 0.6) is 0 Å². The Kier molecular flexibility index (Phi) is 4.49. The number of ether oxygens (including phenoxy) is 2. The zero-order chi connectivity index (χ0) is 21.8. The third-order valence-electron chi connectivity index (χ3n) is 11.3. The third kappa shape index (κ3) is 2.62. The molecule has 1 spiro atoms.